The highest BCUT2D eigenvalue weighted by Crippen LogP contribution is 2.35. The van der Waals surface area contributed by atoms with Gasteiger partial charge < -0.3 is 122 Å². The summed E-state index contributed by atoms with van der Waals surface area (Å²) in [5, 5.41) is 198. The van der Waals surface area contributed by atoms with Crippen molar-refractivity contribution < 1.29 is 141 Å². The molecule has 0 amide bonds. The summed E-state index contributed by atoms with van der Waals surface area (Å²) in [6, 6.07) is 0. The van der Waals surface area contributed by atoms with Crippen LogP contribution in [0.1, 0.15) is 0 Å². The minimum atomic E-state index is -2.96. The molecule has 0 saturated heterocycles. The van der Waals surface area contributed by atoms with E-state index in [1.807, 2.05) is 0 Å². The third kappa shape index (κ3) is 30.9. The van der Waals surface area contributed by atoms with Crippen molar-refractivity contribution >= 4 is 23.9 Å². The highest BCUT2D eigenvalue weighted by atomic mass is 16.5. The molecule has 0 aliphatic heterocycles. The molecule has 23 N–H and O–H groups in total. The number of rotatable bonds is 24. The number of aliphatic hydroxyl groups excluding tert-OH is 18. The fraction of sp³-hybridized carbons (Fsp3) is 0.625. The highest BCUT2D eigenvalue weighted by molar-refractivity contribution is 5.82. The zero-order chi connectivity index (χ0) is 48.2. The number of carboxylic acids is 4. The number of aliphatic carboxylic acids is 4. The van der Waals surface area contributed by atoms with E-state index in [4.69, 9.17) is 107 Å². The summed E-state index contributed by atoms with van der Waals surface area (Å²) in [7, 11) is 0. The molecule has 0 aromatic rings. The Morgan fingerprint density at radius 3 is 0.783 bits per heavy atom. The van der Waals surface area contributed by atoms with Crippen molar-refractivity contribution in [1.82, 2.24) is 0 Å². The van der Waals surface area contributed by atoms with Gasteiger partial charge >= 0.3 is 23.9 Å². The molecular formula is C32H58O28. The summed E-state index contributed by atoms with van der Waals surface area (Å²) in [6.07, 6.45) is -8.63. The first-order chi connectivity index (χ1) is 27.8. The third-order valence-electron chi connectivity index (χ3n) is 6.48. The van der Waals surface area contributed by atoms with E-state index < -0.39 is 149 Å². The summed E-state index contributed by atoms with van der Waals surface area (Å²) in [6.45, 7) is -5.41. The summed E-state index contributed by atoms with van der Waals surface area (Å²) < 4.78 is 5.03. The minimum absolute atomic E-state index is 0.321. The average molecular weight is 891 g/mol. The van der Waals surface area contributed by atoms with Crippen LogP contribution in [-0.4, -0.2) is 267 Å². The molecule has 0 unspecified atom stereocenters. The van der Waals surface area contributed by atoms with Crippen LogP contribution in [0.2, 0.25) is 0 Å². The van der Waals surface area contributed by atoms with Gasteiger partial charge in [0.2, 0.25) is 0 Å². The maximum Gasteiger partial charge on any atom is 0.331 e. The van der Waals surface area contributed by atoms with E-state index in [-0.39, 0.29) is 0 Å². The second kappa shape index (κ2) is 37.8. The second-order valence-corrected chi connectivity index (χ2v) is 11.1. The van der Waals surface area contributed by atoms with Crippen LogP contribution in [0.15, 0.2) is 48.8 Å². The number of carboxylic acid groups (broad SMARTS) is 4. The van der Waals surface area contributed by atoms with Crippen molar-refractivity contribution in [3.05, 3.63) is 48.8 Å². The Balaban J connectivity index is -0.000000253. The van der Waals surface area contributed by atoms with Gasteiger partial charge in [-0.2, -0.15) is 0 Å². The summed E-state index contributed by atoms with van der Waals surface area (Å²) in [5.74, 6) is -6.38. The molecule has 0 heterocycles. The monoisotopic (exact) mass is 890 g/mol. The van der Waals surface area contributed by atoms with Gasteiger partial charge in [-0.3, -0.25) is 0 Å². The maximum absolute atomic E-state index is 10.9. The van der Waals surface area contributed by atoms with Crippen LogP contribution < -0.4 is 0 Å². The van der Waals surface area contributed by atoms with Gasteiger partial charge in [0, 0.05) is 18.2 Å². The Morgan fingerprint density at radius 2 is 0.600 bits per heavy atom. The molecule has 28 nitrogen and oxygen atoms in total. The topological polar surface area (TPSA) is 543 Å². The molecule has 0 aliphatic carbocycles. The lowest BCUT2D eigenvalue weighted by molar-refractivity contribution is -0.149. The number of carbonyl (C=O) groups is 4. The van der Waals surface area contributed by atoms with E-state index >= 15 is 0 Å². The zero-order valence-corrected chi connectivity index (χ0v) is 31.5. The van der Waals surface area contributed by atoms with Crippen molar-refractivity contribution in [3.63, 3.8) is 0 Å². The smallest absolute Gasteiger partial charge is 0.331 e. The van der Waals surface area contributed by atoms with Crippen molar-refractivity contribution in [2.24, 2.45) is 0 Å². The van der Waals surface area contributed by atoms with E-state index in [1.165, 1.54) is 0 Å². The standard InChI is InChI=1S/C16H18O12.4C4H10O4/c17-9-10(18)16(27,7-3-13(23)24)15(5-1-11(19)20,6-2-12(21)22)28-8-4-14(25)26;4*5-1-3(7)4(8)2-6/h1-8,10,17-18,27H,9H2,(H,19,20)(H,21,22)(H,23,24)(H,25,26);4*3-8H,1-2H2/t10-,15?,16-;4*3-,4+/m1..../s1. The Hall–Kier alpha value is -4.12. The first-order valence-electron chi connectivity index (χ1n) is 16.4. The lowest BCUT2D eigenvalue weighted by atomic mass is 9.77. The van der Waals surface area contributed by atoms with Gasteiger partial charge in [0.1, 0.15) is 54.9 Å². The van der Waals surface area contributed by atoms with E-state index in [0.29, 0.717) is 48.8 Å². The molecule has 60 heavy (non-hydrogen) atoms. The second-order valence-electron chi connectivity index (χ2n) is 11.1. The third-order valence-corrected chi connectivity index (χ3v) is 6.48. The van der Waals surface area contributed by atoms with Crippen LogP contribution in [0, 0.1) is 0 Å². The molecule has 0 bridgehead atoms. The van der Waals surface area contributed by atoms with Crippen molar-refractivity contribution in [3.8, 4) is 0 Å². The van der Waals surface area contributed by atoms with Crippen molar-refractivity contribution in [2.45, 2.75) is 66.1 Å². The van der Waals surface area contributed by atoms with Gasteiger partial charge in [-0.05, 0) is 18.2 Å². The highest BCUT2D eigenvalue weighted by Gasteiger charge is 2.52. The fourth-order valence-corrected chi connectivity index (χ4v) is 2.90. The van der Waals surface area contributed by atoms with Gasteiger partial charge in [0.05, 0.1) is 71.8 Å². The quantitative estimate of drug-likeness (QED) is 0.0316. The van der Waals surface area contributed by atoms with Crippen LogP contribution in [0.5, 0.6) is 0 Å². The van der Waals surface area contributed by atoms with Gasteiger partial charge in [0.25, 0.3) is 0 Å². The molecule has 0 aromatic heterocycles. The first-order valence-corrected chi connectivity index (χ1v) is 16.4. The minimum Gasteiger partial charge on any atom is -0.483 e. The Labute approximate surface area is 339 Å². The maximum atomic E-state index is 10.9. The summed E-state index contributed by atoms with van der Waals surface area (Å²) in [4.78, 5) is 43.3. The van der Waals surface area contributed by atoms with Crippen LogP contribution in [0.25, 0.3) is 0 Å². The molecule has 0 saturated carbocycles. The molecule has 0 spiro atoms. The van der Waals surface area contributed by atoms with Crippen LogP contribution in [0.4, 0.5) is 0 Å². The van der Waals surface area contributed by atoms with Gasteiger partial charge in [-0.1, -0.05) is 0 Å². The largest absolute Gasteiger partial charge is 0.483 e. The molecule has 10 atom stereocenters. The van der Waals surface area contributed by atoms with Crippen molar-refractivity contribution in [1.29, 1.82) is 0 Å². The molecule has 0 fully saturated rings. The molecule has 28 heteroatoms. The lowest BCUT2D eigenvalue weighted by Gasteiger charge is -2.43. The number of hydrogen-bond acceptors (Lipinski definition) is 24. The van der Waals surface area contributed by atoms with Gasteiger partial charge in [-0.15, -0.1) is 0 Å². The van der Waals surface area contributed by atoms with Crippen LogP contribution in [-0.2, 0) is 23.9 Å². The number of hydrogen-bond donors (Lipinski definition) is 23. The molecule has 0 rings (SSSR count). The Morgan fingerprint density at radius 1 is 0.383 bits per heavy atom. The predicted molar refractivity (Wildman–Crippen MR) is 194 cm³/mol. The van der Waals surface area contributed by atoms with E-state index in [1.54, 1.807) is 0 Å². The van der Waals surface area contributed by atoms with Crippen LogP contribution in [0.3, 0.4) is 0 Å². The Bertz CT molecular complexity index is 1120. The van der Waals surface area contributed by atoms with E-state index in [9.17, 15) is 34.5 Å². The van der Waals surface area contributed by atoms with Crippen molar-refractivity contribution in [2.75, 3.05) is 59.5 Å². The predicted octanol–water partition coefficient (Wildman–Crippen LogP) is -10.9. The first kappa shape index (κ1) is 65.0. The molecule has 354 valence electrons. The van der Waals surface area contributed by atoms with Gasteiger partial charge in [0.15, 0.2) is 11.2 Å². The lowest BCUT2D eigenvalue weighted by Crippen LogP contribution is -2.60. The molecule has 0 radical (unpaired) electrons. The summed E-state index contributed by atoms with van der Waals surface area (Å²) in [5.41, 5.74) is -5.62. The normalized spacial score (nSPS) is 17.8. The van der Waals surface area contributed by atoms with E-state index in [0.717, 1.165) is 0 Å². The zero-order valence-electron chi connectivity index (χ0n) is 31.5. The molecular weight excluding hydrogens is 832 g/mol. The summed E-state index contributed by atoms with van der Waals surface area (Å²) >= 11 is 0. The van der Waals surface area contributed by atoms with Crippen LogP contribution >= 0.6 is 0 Å². The number of ether oxygens (including phenoxy) is 1. The Kier molecular flexibility index (Phi) is 41.0. The van der Waals surface area contributed by atoms with Gasteiger partial charge in [-0.25, -0.2) is 19.2 Å². The molecule has 0 aliphatic rings. The molecule has 0 aromatic carbocycles. The van der Waals surface area contributed by atoms with E-state index in [2.05, 4.69) is 0 Å². The average Bonchev–Trinajstić information content (AvgIpc) is 3.23. The fourth-order valence-electron chi connectivity index (χ4n) is 2.90. The number of aliphatic hydroxyl groups is 19. The SMILES string of the molecule is O=C(O)C=COC(C=CC(=O)O)(C=CC(=O)O)[C@@](O)(C=CC(=O)O)[C@H](O)CO.OC[C@@H](O)[C@@H](O)CO.OC[C@@H](O)[C@@H](O)CO.OC[C@@H](O)[C@@H](O)CO.OC[C@@H](O)[C@@H](O)CO.